The van der Waals surface area contributed by atoms with E-state index in [1.165, 1.54) is 0 Å². The lowest BCUT2D eigenvalue weighted by Gasteiger charge is -2.26. The van der Waals surface area contributed by atoms with Gasteiger partial charge in [0, 0.05) is 0 Å². The number of likely N-dealkylation sites (N-methyl/N-ethyl adjacent to an activating group) is 1. The minimum Gasteiger partial charge on any atom is -0.465 e. The van der Waals surface area contributed by atoms with Gasteiger partial charge in [-0.05, 0) is 38.3 Å². The molecular weight excluding hydrogens is 210 g/mol. The fourth-order valence-corrected chi connectivity index (χ4v) is 2.12. The Bertz CT molecular complexity index is 197. The van der Waals surface area contributed by atoms with E-state index >= 15 is 0 Å². The van der Waals surface area contributed by atoms with E-state index in [4.69, 9.17) is 4.74 Å². The van der Waals surface area contributed by atoms with E-state index in [1.54, 1.807) is 7.05 Å². The van der Waals surface area contributed by atoms with Gasteiger partial charge < -0.3 is 10.1 Å². The molecule has 0 bridgehead atoms. The van der Waals surface area contributed by atoms with Crippen molar-refractivity contribution in [1.29, 1.82) is 0 Å². The number of ether oxygens (including phenoxy) is 1. The summed E-state index contributed by atoms with van der Waals surface area (Å²) in [5.41, 5.74) is -0.544. The second-order valence-corrected chi connectivity index (χ2v) is 5.66. The largest absolute Gasteiger partial charge is 0.465 e. The van der Waals surface area contributed by atoms with Crippen LogP contribution >= 0.6 is 11.8 Å². The summed E-state index contributed by atoms with van der Waals surface area (Å²) in [6.07, 6.45) is 0.797. The summed E-state index contributed by atoms with van der Waals surface area (Å²) in [5.74, 6) is 0.810. The third-order valence-corrected chi connectivity index (χ3v) is 3.44. The number of rotatable bonds is 7. The second kappa shape index (κ2) is 7.12. The molecule has 0 aliphatic rings. The molecule has 0 radical (unpaired) electrons. The van der Waals surface area contributed by atoms with Gasteiger partial charge in [-0.2, -0.15) is 11.8 Å². The molecule has 0 aromatic rings. The van der Waals surface area contributed by atoms with E-state index in [0.717, 1.165) is 12.2 Å². The van der Waals surface area contributed by atoms with Crippen LogP contribution < -0.4 is 5.32 Å². The predicted octanol–water partition coefficient (Wildman–Crippen LogP) is 2.06. The average Bonchev–Trinajstić information content (AvgIpc) is 2.17. The topological polar surface area (TPSA) is 38.3 Å². The van der Waals surface area contributed by atoms with Crippen molar-refractivity contribution in [2.24, 2.45) is 0 Å². The van der Waals surface area contributed by atoms with Crippen LogP contribution in [0.5, 0.6) is 0 Å². The normalized spacial score (nSPS) is 15.1. The maximum atomic E-state index is 11.7. The Morgan fingerprint density at radius 2 is 2.13 bits per heavy atom. The van der Waals surface area contributed by atoms with Crippen LogP contribution in [-0.4, -0.2) is 36.2 Å². The van der Waals surface area contributed by atoms with Crippen LogP contribution in [0.3, 0.4) is 0 Å². The van der Waals surface area contributed by atoms with Crippen molar-refractivity contribution in [1.82, 2.24) is 5.32 Å². The van der Waals surface area contributed by atoms with E-state index in [0.29, 0.717) is 11.9 Å². The predicted molar refractivity (Wildman–Crippen MR) is 66.3 cm³/mol. The van der Waals surface area contributed by atoms with Crippen LogP contribution in [0.2, 0.25) is 0 Å². The van der Waals surface area contributed by atoms with Gasteiger partial charge in [-0.25, -0.2) is 0 Å². The summed E-state index contributed by atoms with van der Waals surface area (Å²) in [7, 11) is 1.80. The lowest BCUT2D eigenvalue weighted by atomic mass is 10.00. The number of hydrogen-bond donors (Lipinski definition) is 1. The monoisotopic (exact) mass is 233 g/mol. The highest BCUT2D eigenvalue weighted by atomic mass is 32.2. The lowest BCUT2D eigenvalue weighted by Crippen LogP contribution is -2.49. The molecule has 0 heterocycles. The number of carbonyl (C=O) groups is 1. The van der Waals surface area contributed by atoms with Gasteiger partial charge in [0.25, 0.3) is 0 Å². The first-order valence-corrected chi connectivity index (χ1v) is 6.49. The number of carbonyl (C=O) groups excluding carboxylic acids is 1. The van der Waals surface area contributed by atoms with Gasteiger partial charge in [0.2, 0.25) is 0 Å². The quantitative estimate of drug-likeness (QED) is 0.683. The number of thioether (sulfide) groups is 1. The van der Waals surface area contributed by atoms with Gasteiger partial charge >= 0.3 is 5.97 Å². The molecule has 0 spiro atoms. The average molecular weight is 233 g/mol. The van der Waals surface area contributed by atoms with Crippen molar-refractivity contribution in [3.8, 4) is 0 Å². The maximum absolute atomic E-state index is 11.7. The molecule has 4 heteroatoms. The van der Waals surface area contributed by atoms with E-state index in [2.05, 4.69) is 19.2 Å². The van der Waals surface area contributed by atoms with Crippen molar-refractivity contribution in [2.75, 3.05) is 19.4 Å². The number of hydrogen-bond acceptors (Lipinski definition) is 4. The molecular formula is C11H23NO2S. The number of esters is 1. The zero-order valence-corrected chi connectivity index (χ0v) is 11.2. The zero-order chi connectivity index (χ0) is 11.9. The molecule has 90 valence electrons. The molecule has 0 aromatic carbocycles. The first-order chi connectivity index (χ1) is 6.96. The molecule has 3 nitrogen and oxygen atoms in total. The maximum Gasteiger partial charge on any atom is 0.326 e. The smallest absolute Gasteiger partial charge is 0.326 e. The molecule has 0 saturated carbocycles. The van der Waals surface area contributed by atoms with Crippen LogP contribution in [0.1, 0.15) is 34.1 Å². The summed E-state index contributed by atoms with van der Waals surface area (Å²) in [6.45, 7) is 8.48. The summed E-state index contributed by atoms with van der Waals surface area (Å²) in [5, 5.41) is 3.65. The number of nitrogens with one attached hydrogen (secondary N) is 1. The highest BCUT2D eigenvalue weighted by Gasteiger charge is 2.32. The minimum atomic E-state index is -0.544. The Morgan fingerprint density at radius 1 is 1.53 bits per heavy atom. The first-order valence-electron chi connectivity index (χ1n) is 5.44. The fourth-order valence-electron chi connectivity index (χ4n) is 1.12. The highest BCUT2D eigenvalue weighted by molar-refractivity contribution is 7.99. The molecule has 1 N–H and O–H groups in total. The summed E-state index contributed by atoms with van der Waals surface area (Å²) < 4.78 is 5.04. The Kier molecular flexibility index (Phi) is 7.02. The Morgan fingerprint density at radius 3 is 2.53 bits per heavy atom. The molecule has 0 rings (SSSR count). The van der Waals surface area contributed by atoms with E-state index in [-0.39, 0.29) is 5.97 Å². The zero-order valence-electron chi connectivity index (χ0n) is 10.4. The van der Waals surface area contributed by atoms with Crippen molar-refractivity contribution in [3.63, 3.8) is 0 Å². The molecule has 1 unspecified atom stereocenters. The molecule has 0 aliphatic carbocycles. The van der Waals surface area contributed by atoms with Crippen molar-refractivity contribution < 1.29 is 9.53 Å². The summed E-state index contributed by atoms with van der Waals surface area (Å²) in [6, 6.07) is 0. The summed E-state index contributed by atoms with van der Waals surface area (Å²) in [4.78, 5) is 11.7. The highest BCUT2D eigenvalue weighted by Crippen LogP contribution is 2.18. The molecule has 0 aliphatic heterocycles. The molecule has 0 amide bonds. The van der Waals surface area contributed by atoms with Crippen LogP contribution in [0, 0.1) is 0 Å². The fraction of sp³-hybridized carbons (Fsp3) is 0.909. The van der Waals surface area contributed by atoms with Gasteiger partial charge in [0.15, 0.2) is 0 Å². The van der Waals surface area contributed by atoms with Crippen molar-refractivity contribution in [3.05, 3.63) is 0 Å². The van der Waals surface area contributed by atoms with E-state index < -0.39 is 5.54 Å². The molecule has 15 heavy (non-hydrogen) atoms. The minimum absolute atomic E-state index is 0.156. The van der Waals surface area contributed by atoms with Crippen molar-refractivity contribution in [2.45, 2.75) is 44.9 Å². The molecule has 0 aromatic heterocycles. The van der Waals surface area contributed by atoms with Crippen LogP contribution in [-0.2, 0) is 9.53 Å². The molecule has 1 atom stereocenters. The Hall–Kier alpha value is -0.220. The second-order valence-electron chi connectivity index (χ2n) is 3.97. The van der Waals surface area contributed by atoms with E-state index in [9.17, 15) is 4.79 Å². The standard InChI is InChI=1S/C11H23NO2S/c1-6-14-10(13)11(4,12-5)7-8-15-9(2)3/h9,12H,6-8H2,1-5H3. The van der Waals surface area contributed by atoms with Crippen LogP contribution in [0.4, 0.5) is 0 Å². The third-order valence-electron chi connectivity index (χ3n) is 2.33. The SMILES string of the molecule is CCOC(=O)C(C)(CCSC(C)C)NC. The Balaban J connectivity index is 4.12. The summed E-state index contributed by atoms with van der Waals surface area (Å²) >= 11 is 1.86. The lowest BCUT2D eigenvalue weighted by molar-refractivity contribution is -0.150. The van der Waals surface area contributed by atoms with Gasteiger partial charge in [-0.1, -0.05) is 13.8 Å². The Labute approximate surface area is 97.3 Å². The van der Waals surface area contributed by atoms with Gasteiger partial charge in [-0.15, -0.1) is 0 Å². The van der Waals surface area contributed by atoms with Crippen molar-refractivity contribution >= 4 is 17.7 Å². The third kappa shape index (κ3) is 5.42. The van der Waals surface area contributed by atoms with Gasteiger partial charge in [0.1, 0.15) is 5.54 Å². The van der Waals surface area contributed by atoms with Crippen LogP contribution in [0.15, 0.2) is 0 Å². The molecule has 0 saturated heterocycles. The van der Waals surface area contributed by atoms with Crippen LogP contribution in [0.25, 0.3) is 0 Å². The van der Waals surface area contributed by atoms with E-state index in [1.807, 2.05) is 25.6 Å². The molecule has 0 fully saturated rings. The van der Waals surface area contributed by atoms with Gasteiger partial charge in [0.05, 0.1) is 6.61 Å². The van der Waals surface area contributed by atoms with Gasteiger partial charge in [-0.3, -0.25) is 4.79 Å². The first kappa shape index (κ1) is 14.8.